The van der Waals surface area contributed by atoms with Gasteiger partial charge in [0.2, 0.25) is 0 Å². The van der Waals surface area contributed by atoms with Crippen molar-refractivity contribution in [1.82, 2.24) is 14.9 Å². The van der Waals surface area contributed by atoms with Crippen molar-refractivity contribution < 1.29 is 32.9 Å². The van der Waals surface area contributed by atoms with Gasteiger partial charge in [-0.3, -0.25) is 9.78 Å². The highest BCUT2D eigenvalue weighted by Crippen LogP contribution is 2.39. The molecular formula is C40H43Cl2N5O7. The molecule has 0 N–H and O–H groups in total. The first kappa shape index (κ1) is 37.4. The van der Waals surface area contributed by atoms with E-state index in [0.29, 0.717) is 89.4 Å². The van der Waals surface area contributed by atoms with Gasteiger partial charge in [-0.15, -0.1) is 0 Å². The molecule has 1 amide bonds. The Morgan fingerprint density at radius 3 is 2.20 bits per heavy atom. The van der Waals surface area contributed by atoms with Crippen LogP contribution in [-0.4, -0.2) is 81.1 Å². The monoisotopic (exact) mass is 775 g/mol. The lowest BCUT2D eigenvalue weighted by Crippen LogP contribution is -2.55. The van der Waals surface area contributed by atoms with E-state index in [-0.39, 0.29) is 18.0 Å². The number of benzene rings is 3. The molecule has 7 rings (SSSR count). The summed E-state index contributed by atoms with van der Waals surface area (Å²) in [6.07, 6.45) is 3.38. The highest BCUT2D eigenvalue weighted by atomic mass is 35.5. The second kappa shape index (κ2) is 15.8. The van der Waals surface area contributed by atoms with Crippen molar-refractivity contribution in [3.8, 4) is 23.0 Å². The van der Waals surface area contributed by atoms with Crippen molar-refractivity contribution in [2.45, 2.75) is 51.5 Å². The molecule has 1 saturated heterocycles. The van der Waals surface area contributed by atoms with Crippen LogP contribution >= 0.6 is 23.2 Å². The molecule has 0 aliphatic carbocycles. The van der Waals surface area contributed by atoms with E-state index in [1.807, 2.05) is 59.2 Å². The van der Waals surface area contributed by atoms with Crippen LogP contribution < -0.4 is 28.7 Å². The van der Waals surface area contributed by atoms with Crippen LogP contribution in [0.15, 0.2) is 65.3 Å². The van der Waals surface area contributed by atoms with Crippen molar-refractivity contribution in [3.63, 3.8) is 0 Å². The number of pyridine rings is 1. The van der Waals surface area contributed by atoms with Gasteiger partial charge < -0.3 is 42.8 Å². The van der Waals surface area contributed by atoms with Gasteiger partial charge in [-0.1, -0.05) is 23.2 Å². The Bertz CT molecular complexity index is 2110. The average Bonchev–Trinajstić information content (AvgIpc) is 3.62. The normalized spacial score (nSPS) is 18.3. The largest absolute Gasteiger partial charge is 0.497 e. The summed E-state index contributed by atoms with van der Waals surface area (Å²) >= 11 is 12.9. The van der Waals surface area contributed by atoms with Crippen LogP contribution in [0.4, 0.5) is 11.7 Å². The van der Waals surface area contributed by atoms with Gasteiger partial charge in [0.25, 0.3) is 11.9 Å². The fourth-order valence-electron chi connectivity index (χ4n) is 7.37. The van der Waals surface area contributed by atoms with Crippen LogP contribution in [-0.2, 0) is 29.0 Å². The number of hydrogen-bond acceptors (Lipinski definition) is 11. The number of morpholine rings is 1. The van der Waals surface area contributed by atoms with E-state index in [1.165, 1.54) is 0 Å². The number of methoxy groups -OCH3 is 4. The number of nitrogens with zero attached hydrogens (tertiary/aromatic N) is 5. The quantitative estimate of drug-likeness (QED) is 0.133. The molecule has 5 aromatic rings. The summed E-state index contributed by atoms with van der Waals surface area (Å²) in [6, 6.07) is 15.1. The highest BCUT2D eigenvalue weighted by Gasteiger charge is 2.38. The van der Waals surface area contributed by atoms with Gasteiger partial charge in [-0.05, 0) is 67.8 Å². The molecule has 0 spiro atoms. The second-order valence-electron chi connectivity index (χ2n) is 13.5. The number of hydrogen-bond donors (Lipinski definition) is 0. The first-order valence-corrected chi connectivity index (χ1v) is 18.5. The predicted octanol–water partition coefficient (Wildman–Crippen LogP) is 7.51. The molecule has 284 valence electrons. The fourth-order valence-corrected chi connectivity index (χ4v) is 8.06. The number of halogens is 2. The van der Waals surface area contributed by atoms with Crippen LogP contribution in [0, 0.1) is 0 Å². The van der Waals surface area contributed by atoms with Gasteiger partial charge in [0, 0.05) is 45.9 Å². The molecule has 0 radical (unpaired) electrons. The summed E-state index contributed by atoms with van der Waals surface area (Å²) in [4.78, 5) is 29.6. The maximum absolute atomic E-state index is 14.1. The molecule has 1 fully saturated rings. The van der Waals surface area contributed by atoms with Gasteiger partial charge in [0.1, 0.15) is 34.2 Å². The van der Waals surface area contributed by atoms with E-state index in [0.717, 1.165) is 27.9 Å². The average molecular weight is 777 g/mol. The van der Waals surface area contributed by atoms with Crippen molar-refractivity contribution >= 4 is 51.9 Å². The van der Waals surface area contributed by atoms with Crippen molar-refractivity contribution in [2.24, 2.45) is 0 Å². The number of amides is 1. The minimum atomic E-state index is -0.713. The molecule has 0 bridgehead atoms. The van der Waals surface area contributed by atoms with E-state index in [4.69, 9.17) is 56.3 Å². The maximum Gasteiger partial charge on any atom is 0.299 e. The summed E-state index contributed by atoms with van der Waals surface area (Å²) in [5.41, 5.74) is 5.63. The zero-order valence-electron chi connectivity index (χ0n) is 31.1. The smallest absolute Gasteiger partial charge is 0.299 e. The molecular weight excluding hydrogens is 733 g/mol. The Hall–Kier alpha value is -4.91. The van der Waals surface area contributed by atoms with Crippen LogP contribution in [0.1, 0.15) is 42.1 Å². The zero-order valence-corrected chi connectivity index (χ0v) is 32.6. The van der Waals surface area contributed by atoms with E-state index < -0.39 is 6.10 Å². The topological polar surface area (TPSA) is 112 Å². The summed E-state index contributed by atoms with van der Waals surface area (Å²) in [7, 11) is 6.50. The lowest BCUT2D eigenvalue weighted by atomic mass is 9.93. The summed E-state index contributed by atoms with van der Waals surface area (Å²) < 4.78 is 35.3. The van der Waals surface area contributed by atoms with E-state index in [2.05, 4.69) is 16.8 Å². The number of oxazole rings is 1. The maximum atomic E-state index is 14.1. The summed E-state index contributed by atoms with van der Waals surface area (Å²) in [5, 5.41) is 1.15. The van der Waals surface area contributed by atoms with Gasteiger partial charge in [0.15, 0.2) is 11.7 Å². The third-order valence-corrected chi connectivity index (χ3v) is 10.8. The molecule has 2 aliphatic rings. The van der Waals surface area contributed by atoms with Crippen LogP contribution in [0.2, 0.25) is 10.0 Å². The summed E-state index contributed by atoms with van der Waals surface area (Å²) in [6.45, 7) is 5.99. The number of rotatable bonds is 11. The molecule has 4 heterocycles. The first-order valence-electron chi connectivity index (χ1n) is 17.7. The second-order valence-corrected chi connectivity index (χ2v) is 14.3. The van der Waals surface area contributed by atoms with Gasteiger partial charge in [0.05, 0.1) is 73.1 Å². The Balaban J connectivity index is 1.20. The Morgan fingerprint density at radius 1 is 0.907 bits per heavy atom. The first-order chi connectivity index (χ1) is 26.1. The molecule has 0 saturated carbocycles. The highest BCUT2D eigenvalue weighted by molar-refractivity contribution is 6.35. The number of anilines is 2. The predicted molar refractivity (Wildman–Crippen MR) is 208 cm³/mol. The molecule has 3 atom stereocenters. The molecule has 14 heteroatoms. The standard InChI is InChI=1S/C40H43Cl2N5O7/c1-23-22-53-36(39(48)46-12-11-25-13-28(41)14-31(42)37(25)24(46)2)21-47(23)33-18-43-17-32-38(33)54-40(44-32)45(19-26-7-9-29(49-3)15-34(26)51-5)20-27-8-10-30(50-4)16-35(27)52-6/h7-10,13-18,23-24,36H,11-12,19-22H2,1-6H3/t23-,24+,36-/m1/s1. The number of aromatic nitrogens is 2. The lowest BCUT2D eigenvalue weighted by molar-refractivity contribution is -0.148. The Kier molecular flexibility index (Phi) is 11.0. The molecule has 2 aromatic heterocycles. The van der Waals surface area contributed by atoms with Gasteiger partial charge >= 0.3 is 0 Å². The molecule has 2 aliphatic heterocycles. The van der Waals surface area contributed by atoms with E-state index in [9.17, 15) is 4.79 Å². The number of ether oxygens (including phenoxy) is 5. The Labute approximate surface area is 324 Å². The van der Waals surface area contributed by atoms with E-state index >= 15 is 0 Å². The van der Waals surface area contributed by atoms with Crippen LogP contribution in [0.3, 0.4) is 0 Å². The number of carbonyl (C=O) groups is 1. The molecule has 3 aromatic carbocycles. The van der Waals surface area contributed by atoms with Crippen molar-refractivity contribution in [1.29, 1.82) is 0 Å². The van der Waals surface area contributed by atoms with E-state index in [1.54, 1.807) is 46.9 Å². The Morgan fingerprint density at radius 2 is 1.57 bits per heavy atom. The molecule has 0 unspecified atom stereocenters. The minimum Gasteiger partial charge on any atom is -0.497 e. The van der Waals surface area contributed by atoms with Crippen LogP contribution in [0.25, 0.3) is 11.1 Å². The lowest BCUT2D eigenvalue weighted by Gasteiger charge is -2.42. The van der Waals surface area contributed by atoms with Crippen LogP contribution in [0.5, 0.6) is 23.0 Å². The third-order valence-electron chi connectivity index (χ3n) is 10.2. The SMILES string of the molecule is COc1ccc(CN(Cc2ccc(OC)cc2OC)c2nc3cncc(N4C[C@H](C(=O)N5CCc6cc(Cl)cc(Cl)c6[C@@H]5C)OC[C@H]4C)c3o2)c(OC)c1. The zero-order chi connectivity index (χ0) is 38.1. The minimum absolute atomic E-state index is 0.0747. The fraction of sp³-hybridized carbons (Fsp3) is 0.375. The molecule has 54 heavy (non-hydrogen) atoms. The van der Waals surface area contributed by atoms with Gasteiger partial charge in [-0.2, -0.15) is 4.98 Å². The number of fused-ring (bicyclic) bond motifs is 2. The van der Waals surface area contributed by atoms with Crippen molar-refractivity contribution in [2.75, 3.05) is 57.9 Å². The molecule has 12 nitrogen and oxygen atoms in total. The van der Waals surface area contributed by atoms with Gasteiger partial charge in [-0.25, -0.2) is 0 Å². The van der Waals surface area contributed by atoms with Crippen molar-refractivity contribution in [3.05, 3.63) is 93.2 Å². The summed E-state index contributed by atoms with van der Waals surface area (Å²) in [5.74, 6) is 2.59. The number of carbonyl (C=O) groups excluding carboxylic acids is 1. The third kappa shape index (κ3) is 7.30.